The van der Waals surface area contributed by atoms with Gasteiger partial charge in [0.05, 0.1) is 11.9 Å². The van der Waals surface area contributed by atoms with Crippen LogP contribution in [0.15, 0.2) is 72.9 Å². The summed E-state index contributed by atoms with van der Waals surface area (Å²) >= 11 is 0. The maximum Gasteiger partial charge on any atom is 2.00 e. The van der Waals surface area contributed by atoms with E-state index in [1.165, 1.54) is 128 Å². The van der Waals surface area contributed by atoms with E-state index < -0.39 is 11.9 Å². The van der Waals surface area contributed by atoms with Crippen molar-refractivity contribution >= 4 is 49.7 Å². The van der Waals surface area contributed by atoms with Gasteiger partial charge in [-0.05, 0) is 37.8 Å². The topological polar surface area (TPSA) is 80.3 Å². The number of hydrogen-bond donors (Lipinski definition) is 0. The molecular formula is C36H58CaO4. The molecule has 0 aromatic heterocycles. The first-order valence-electron chi connectivity index (χ1n) is 16.0. The van der Waals surface area contributed by atoms with E-state index >= 15 is 0 Å². The van der Waals surface area contributed by atoms with Gasteiger partial charge in [0.2, 0.25) is 0 Å². The van der Waals surface area contributed by atoms with Gasteiger partial charge in [-0.25, -0.2) is 0 Å². The maximum atomic E-state index is 10.1. The van der Waals surface area contributed by atoms with Crippen LogP contribution in [0.25, 0.3) is 0 Å². The fourth-order valence-electron chi connectivity index (χ4n) is 4.02. The van der Waals surface area contributed by atoms with E-state index in [2.05, 4.69) is 26.0 Å². The molecule has 0 unspecified atom stereocenters. The number of rotatable bonds is 26. The summed E-state index contributed by atoms with van der Waals surface area (Å²) in [5, 5.41) is 20.2. The summed E-state index contributed by atoms with van der Waals surface area (Å²) in [6, 6.07) is 0. The molecule has 0 aromatic carbocycles. The number of carbonyl (C=O) groups excluding carboxylic acids is 2. The minimum absolute atomic E-state index is 0. The zero-order chi connectivity index (χ0) is 29.8. The van der Waals surface area contributed by atoms with E-state index in [4.69, 9.17) is 0 Å². The third kappa shape index (κ3) is 48.7. The minimum atomic E-state index is -1.16. The van der Waals surface area contributed by atoms with Gasteiger partial charge in [-0.2, -0.15) is 0 Å². The van der Waals surface area contributed by atoms with Gasteiger partial charge in [0.25, 0.3) is 0 Å². The van der Waals surface area contributed by atoms with Crippen LogP contribution in [0.3, 0.4) is 0 Å². The van der Waals surface area contributed by atoms with Crippen molar-refractivity contribution in [2.75, 3.05) is 0 Å². The molecule has 5 heteroatoms. The van der Waals surface area contributed by atoms with Gasteiger partial charge in [0, 0.05) is 0 Å². The van der Waals surface area contributed by atoms with Crippen molar-refractivity contribution in [3.63, 3.8) is 0 Å². The molecule has 0 aliphatic carbocycles. The Morgan fingerprint density at radius 3 is 0.976 bits per heavy atom. The van der Waals surface area contributed by atoms with Gasteiger partial charge >= 0.3 is 37.7 Å². The Bertz CT molecular complexity index is 670. The van der Waals surface area contributed by atoms with Crippen LogP contribution in [0.5, 0.6) is 0 Å². The summed E-state index contributed by atoms with van der Waals surface area (Å²) in [7, 11) is 0. The van der Waals surface area contributed by atoms with E-state index in [1.54, 1.807) is 12.2 Å². The Kier molecular flexibility index (Phi) is 43.8. The second kappa shape index (κ2) is 40.8. The number of hydrogen-bond acceptors (Lipinski definition) is 4. The summed E-state index contributed by atoms with van der Waals surface area (Å²) in [6.07, 6.45) is 46.8. The number of carboxylic acid groups (broad SMARTS) is 2. The molecule has 0 saturated heterocycles. The molecule has 0 aliphatic rings. The van der Waals surface area contributed by atoms with E-state index in [9.17, 15) is 19.8 Å². The second-order valence-corrected chi connectivity index (χ2v) is 10.2. The fraction of sp³-hybridized carbons (Fsp3) is 0.611. The molecule has 4 nitrogen and oxygen atoms in total. The molecule has 0 fully saturated rings. The molecule has 0 N–H and O–H groups in total. The third-order valence-electron chi connectivity index (χ3n) is 6.35. The van der Waals surface area contributed by atoms with Crippen LogP contribution in [0.4, 0.5) is 0 Å². The molecule has 228 valence electrons. The van der Waals surface area contributed by atoms with Crippen LogP contribution < -0.4 is 10.2 Å². The molecule has 0 atom stereocenters. The normalized spacial score (nSPS) is 11.8. The van der Waals surface area contributed by atoms with Crippen molar-refractivity contribution in [3.05, 3.63) is 72.9 Å². The number of allylic oxidation sites excluding steroid dienone is 10. The van der Waals surface area contributed by atoms with Crippen LogP contribution in [-0.2, 0) is 9.59 Å². The van der Waals surface area contributed by atoms with Crippen LogP contribution in [-0.4, -0.2) is 49.7 Å². The first-order valence-corrected chi connectivity index (χ1v) is 16.0. The zero-order valence-electron chi connectivity index (χ0n) is 26.4. The van der Waals surface area contributed by atoms with Crippen LogP contribution in [0.1, 0.15) is 142 Å². The quantitative estimate of drug-likeness (QED) is 0.0437. The maximum absolute atomic E-state index is 10.1. The molecule has 0 rings (SSSR count). The monoisotopic (exact) mass is 594 g/mol. The smallest absolute Gasteiger partial charge is 0.545 e. The van der Waals surface area contributed by atoms with Crippen molar-refractivity contribution in [1.29, 1.82) is 0 Å². The van der Waals surface area contributed by atoms with Gasteiger partial charge in [0.1, 0.15) is 0 Å². The van der Waals surface area contributed by atoms with E-state index in [0.29, 0.717) is 0 Å². The molecule has 41 heavy (non-hydrogen) atoms. The molecule has 0 amide bonds. The van der Waals surface area contributed by atoms with E-state index in [0.717, 1.165) is 25.0 Å². The van der Waals surface area contributed by atoms with Gasteiger partial charge in [0.15, 0.2) is 0 Å². The largest absolute Gasteiger partial charge is 2.00 e. The third-order valence-corrected chi connectivity index (χ3v) is 6.35. The molecule has 0 aliphatic heterocycles. The van der Waals surface area contributed by atoms with Crippen LogP contribution >= 0.6 is 0 Å². The predicted molar refractivity (Wildman–Crippen MR) is 174 cm³/mol. The number of carboxylic acids is 2. The average molecular weight is 595 g/mol. The molecular weight excluding hydrogens is 536 g/mol. The molecule has 0 aromatic rings. The van der Waals surface area contributed by atoms with E-state index in [-0.39, 0.29) is 37.7 Å². The van der Waals surface area contributed by atoms with Crippen LogP contribution in [0.2, 0.25) is 0 Å². The number of aliphatic carboxylic acids is 2. The molecule has 0 heterocycles. The summed E-state index contributed by atoms with van der Waals surface area (Å²) < 4.78 is 0. The summed E-state index contributed by atoms with van der Waals surface area (Å²) in [5.74, 6) is -2.32. The summed E-state index contributed by atoms with van der Waals surface area (Å²) in [4.78, 5) is 20.2. The predicted octanol–water partition coefficient (Wildman–Crippen LogP) is 8.27. The fourth-order valence-corrected chi connectivity index (χ4v) is 4.02. The Morgan fingerprint density at radius 2 is 0.683 bits per heavy atom. The Labute approximate surface area is 282 Å². The van der Waals surface area contributed by atoms with Crippen molar-refractivity contribution in [2.24, 2.45) is 0 Å². The van der Waals surface area contributed by atoms with Crippen molar-refractivity contribution in [1.82, 2.24) is 0 Å². The molecule has 0 radical (unpaired) electrons. The molecule has 0 spiro atoms. The SMILES string of the molecule is CCCCCCCCCCCC=CC=CC=CC(=O)[O-].CCCCCCCCCCCC=CC=CC=CC(=O)[O-].[Ca+2]. The zero-order valence-corrected chi connectivity index (χ0v) is 28.6. The Hall–Kier alpha value is -1.36. The van der Waals surface area contributed by atoms with Crippen molar-refractivity contribution in [2.45, 2.75) is 142 Å². The van der Waals surface area contributed by atoms with Gasteiger partial charge in [-0.1, -0.05) is 177 Å². The van der Waals surface area contributed by atoms with Gasteiger partial charge in [-0.15, -0.1) is 0 Å². The second-order valence-electron chi connectivity index (χ2n) is 10.2. The first kappa shape index (κ1) is 44.1. The van der Waals surface area contributed by atoms with Crippen LogP contribution in [0, 0.1) is 0 Å². The Morgan fingerprint density at radius 1 is 0.415 bits per heavy atom. The van der Waals surface area contributed by atoms with Gasteiger partial charge < -0.3 is 19.8 Å². The Balaban J connectivity index is -0.000000688. The van der Waals surface area contributed by atoms with Crippen molar-refractivity contribution < 1.29 is 19.8 Å². The van der Waals surface area contributed by atoms with Crippen molar-refractivity contribution in [3.8, 4) is 0 Å². The standard InChI is InChI=1S/2C18H30O2.Ca/c2*1-2-3-4-5-6-7-8-9-10-11-12-13-14-15-16-17-18(19)20;/h2*12-17H,2-11H2,1H3,(H,19,20);/q;;+2/p-2. The molecule has 0 bridgehead atoms. The number of unbranched alkanes of at least 4 members (excludes halogenated alkanes) is 18. The average Bonchev–Trinajstić information content (AvgIpc) is 2.93. The van der Waals surface area contributed by atoms with Gasteiger partial charge in [-0.3, -0.25) is 0 Å². The van der Waals surface area contributed by atoms with E-state index in [1.807, 2.05) is 24.3 Å². The summed E-state index contributed by atoms with van der Waals surface area (Å²) in [6.45, 7) is 4.50. The summed E-state index contributed by atoms with van der Waals surface area (Å²) in [5.41, 5.74) is 0. The molecule has 0 saturated carbocycles. The first-order chi connectivity index (χ1) is 19.5. The number of carbonyl (C=O) groups is 2. The minimum Gasteiger partial charge on any atom is -0.545 e.